The Bertz CT molecular complexity index is 553. The molecule has 2 aromatic carbocycles. The molecule has 0 aliphatic rings. The Labute approximate surface area is 115 Å². The van der Waals surface area contributed by atoms with Crippen LogP contribution in [0.1, 0.15) is 18.4 Å². The Balaban J connectivity index is 0.000000217. The highest BCUT2D eigenvalue weighted by molar-refractivity contribution is 5.75. The molecule has 3 N–H and O–H groups in total. The fourth-order valence-electron chi connectivity index (χ4n) is 1.40. The number of halogens is 2. The molecule has 1 unspecified atom stereocenters. The number of carboxylic acids is 1. The zero-order valence-electron chi connectivity index (χ0n) is 10.9. The maximum Gasteiger partial charge on any atom is 0.310 e. The molecule has 0 bridgehead atoms. The van der Waals surface area contributed by atoms with Crippen molar-refractivity contribution in [3.8, 4) is 0 Å². The topological polar surface area (TPSA) is 63.3 Å². The first-order valence-electron chi connectivity index (χ1n) is 5.89. The van der Waals surface area contributed by atoms with Crippen molar-refractivity contribution in [1.82, 2.24) is 0 Å². The summed E-state index contributed by atoms with van der Waals surface area (Å²) in [6.07, 6.45) is 0. The highest BCUT2D eigenvalue weighted by atomic mass is 19.1. The average Bonchev–Trinajstić information content (AvgIpc) is 2.39. The van der Waals surface area contributed by atoms with Crippen molar-refractivity contribution in [2.45, 2.75) is 12.8 Å². The molecule has 3 nitrogen and oxygen atoms in total. The van der Waals surface area contributed by atoms with E-state index in [1.807, 2.05) is 0 Å². The van der Waals surface area contributed by atoms with Gasteiger partial charge in [-0.05, 0) is 42.8 Å². The highest BCUT2D eigenvalue weighted by Crippen LogP contribution is 2.15. The van der Waals surface area contributed by atoms with E-state index in [-0.39, 0.29) is 11.6 Å². The van der Waals surface area contributed by atoms with Crippen LogP contribution in [0.15, 0.2) is 48.5 Å². The molecule has 0 aromatic heterocycles. The molecule has 0 heterocycles. The van der Waals surface area contributed by atoms with Crippen LogP contribution >= 0.6 is 0 Å². The molecule has 5 heteroatoms. The zero-order chi connectivity index (χ0) is 15.1. The van der Waals surface area contributed by atoms with Gasteiger partial charge in [0.15, 0.2) is 0 Å². The molecule has 0 fully saturated rings. The highest BCUT2D eigenvalue weighted by Gasteiger charge is 2.12. The minimum absolute atomic E-state index is 0.287. The van der Waals surface area contributed by atoms with Crippen LogP contribution in [0.5, 0.6) is 0 Å². The third-order valence-corrected chi connectivity index (χ3v) is 2.59. The van der Waals surface area contributed by atoms with Crippen LogP contribution in [0.4, 0.5) is 14.5 Å². The average molecular weight is 279 g/mol. The van der Waals surface area contributed by atoms with Gasteiger partial charge in [-0.2, -0.15) is 0 Å². The summed E-state index contributed by atoms with van der Waals surface area (Å²) in [4.78, 5) is 10.5. The monoisotopic (exact) mass is 279 g/mol. The largest absolute Gasteiger partial charge is 0.481 e. The van der Waals surface area contributed by atoms with Crippen molar-refractivity contribution in [3.63, 3.8) is 0 Å². The smallest absolute Gasteiger partial charge is 0.310 e. The Kier molecular flexibility index (Phi) is 5.65. The van der Waals surface area contributed by atoms with Crippen molar-refractivity contribution < 1.29 is 18.7 Å². The van der Waals surface area contributed by atoms with Gasteiger partial charge in [-0.25, -0.2) is 8.78 Å². The predicted octanol–water partition coefficient (Wildman–Crippen LogP) is 3.42. The third kappa shape index (κ3) is 5.06. The first kappa shape index (κ1) is 15.6. The lowest BCUT2D eigenvalue weighted by Crippen LogP contribution is -2.06. The third-order valence-electron chi connectivity index (χ3n) is 2.59. The molecular formula is C15H15F2NO2. The molecule has 0 saturated heterocycles. The molecule has 0 aliphatic heterocycles. The maximum atomic E-state index is 12.4. The molecule has 0 saturated carbocycles. The van der Waals surface area contributed by atoms with Gasteiger partial charge >= 0.3 is 5.97 Å². The van der Waals surface area contributed by atoms with Gasteiger partial charge in [-0.1, -0.05) is 18.2 Å². The fourth-order valence-corrected chi connectivity index (χ4v) is 1.40. The number of rotatable bonds is 2. The molecular weight excluding hydrogens is 264 g/mol. The number of carbonyl (C=O) groups is 1. The Hall–Kier alpha value is -2.43. The second-order valence-electron chi connectivity index (χ2n) is 4.17. The van der Waals surface area contributed by atoms with Crippen LogP contribution in [0.3, 0.4) is 0 Å². The quantitative estimate of drug-likeness (QED) is 0.828. The fraction of sp³-hybridized carbons (Fsp3) is 0.133. The van der Waals surface area contributed by atoms with Crippen LogP contribution in [0.2, 0.25) is 0 Å². The lowest BCUT2D eigenvalue weighted by Gasteiger charge is -2.04. The van der Waals surface area contributed by atoms with E-state index in [0.717, 1.165) is 0 Å². The summed E-state index contributed by atoms with van der Waals surface area (Å²) in [6, 6.07) is 11.3. The number of aliphatic carboxylic acids is 1. The molecule has 0 spiro atoms. The number of nitrogens with two attached hydrogens (primary N) is 1. The van der Waals surface area contributed by atoms with Gasteiger partial charge in [0, 0.05) is 5.69 Å². The van der Waals surface area contributed by atoms with E-state index in [1.54, 1.807) is 19.1 Å². The van der Waals surface area contributed by atoms with Gasteiger partial charge in [0.2, 0.25) is 0 Å². The van der Waals surface area contributed by atoms with E-state index in [2.05, 4.69) is 0 Å². The molecule has 0 amide bonds. The molecule has 106 valence electrons. The van der Waals surface area contributed by atoms with Gasteiger partial charge in [0.1, 0.15) is 11.6 Å². The number of nitrogen functional groups attached to an aromatic ring is 1. The standard InChI is InChI=1S/C9H9FO2.C6H6FN/c1-6(9(11)12)7-2-4-8(10)5-3-7;7-5-2-1-3-6(8)4-5/h2-6H,1H3,(H,11,12);1-4H,8H2. The normalized spacial score (nSPS) is 11.2. The van der Waals surface area contributed by atoms with E-state index in [4.69, 9.17) is 10.8 Å². The zero-order valence-corrected chi connectivity index (χ0v) is 10.9. The summed E-state index contributed by atoms with van der Waals surface area (Å²) in [6.45, 7) is 1.57. The molecule has 2 aromatic rings. The summed E-state index contributed by atoms with van der Waals surface area (Å²) in [7, 11) is 0. The Morgan fingerprint density at radius 2 is 1.70 bits per heavy atom. The first-order valence-corrected chi connectivity index (χ1v) is 5.89. The molecule has 2 rings (SSSR count). The summed E-state index contributed by atoms with van der Waals surface area (Å²) < 4.78 is 24.5. The Morgan fingerprint density at radius 3 is 2.10 bits per heavy atom. The van der Waals surface area contributed by atoms with Crippen LogP contribution in [0, 0.1) is 11.6 Å². The second-order valence-corrected chi connectivity index (χ2v) is 4.17. The van der Waals surface area contributed by atoms with Crippen LogP contribution in [0.25, 0.3) is 0 Å². The number of hydrogen-bond acceptors (Lipinski definition) is 2. The van der Waals surface area contributed by atoms with Crippen molar-refractivity contribution in [1.29, 1.82) is 0 Å². The van der Waals surface area contributed by atoms with Gasteiger partial charge in [-0.15, -0.1) is 0 Å². The lowest BCUT2D eigenvalue weighted by molar-refractivity contribution is -0.138. The first-order chi connectivity index (χ1) is 9.40. The van der Waals surface area contributed by atoms with Crippen LogP contribution in [-0.4, -0.2) is 11.1 Å². The van der Waals surface area contributed by atoms with E-state index >= 15 is 0 Å². The summed E-state index contributed by atoms with van der Waals surface area (Å²) >= 11 is 0. The number of carboxylic acid groups (broad SMARTS) is 1. The molecule has 1 atom stereocenters. The van der Waals surface area contributed by atoms with E-state index in [1.165, 1.54) is 36.4 Å². The van der Waals surface area contributed by atoms with Gasteiger partial charge < -0.3 is 10.8 Å². The molecule has 20 heavy (non-hydrogen) atoms. The van der Waals surface area contributed by atoms with Crippen molar-refractivity contribution >= 4 is 11.7 Å². The van der Waals surface area contributed by atoms with Crippen LogP contribution in [-0.2, 0) is 4.79 Å². The molecule has 0 radical (unpaired) electrons. The minimum Gasteiger partial charge on any atom is -0.481 e. The van der Waals surface area contributed by atoms with Crippen molar-refractivity contribution in [2.75, 3.05) is 5.73 Å². The van der Waals surface area contributed by atoms with Crippen molar-refractivity contribution in [2.24, 2.45) is 0 Å². The number of hydrogen-bond donors (Lipinski definition) is 2. The van der Waals surface area contributed by atoms with E-state index in [0.29, 0.717) is 11.3 Å². The van der Waals surface area contributed by atoms with Gasteiger partial charge in [-0.3, -0.25) is 4.79 Å². The molecule has 0 aliphatic carbocycles. The summed E-state index contributed by atoms with van der Waals surface area (Å²) in [5.74, 6) is -2.12. The van der Waals surface area contributed by atoms with E-state index < -0.39 is 11.9 Å². The lowest BCUT2D eigenvalue weighted by atomic mass is 10.0. The second kappa shape index (κ2) is 7.23. The van der Waals surface area contributed by atoms with Crippen LogP contribution < -0.4 is 5.73 Å². The maximum absolute atomic E-state index is 12.4. The summed E-state index contributed by atoms with van der Waals surface area (Å²) in [5.41, 5.74) is 6.30. The minimum atomic E-state index is -0.901. The van der Waals surface area contributed by atoms with Gasteiger partial charge in [0.05, 0.1) is 5.92 Å². The van der Waals surface area contributed by atoms with Crippen molar-refractivity contribution in [3.05, 3.63) is 65.7 Å². The SMILES string of the molecule is CC(C(=O)O)c1ccc(F)cc1.Nc1cccc(F)c1. The number of anilines is 1. The van der Waals surface area contributed by atoms with Gasteiger partial charge in [0.25, 0.3) is 0 Å². The predicted molar refractivity (Wildman–Crippen MR) is 73.3 cm³/mol. The number of benzene rings is 2. The van der Waals surface area contributed by atoms with E-state index in [9.17, 15) is 13.6 Å². The Morgan fingerprint density at radius 1 is 1.10 bits per heavy atom. The summed E-state index contributed by atoms with van der Waals surface area (Å²) in [5, 5.41) is 8.61.